The first-order valence-corrected chi connectivity index (χ1v) is 15.6. The third-order valence-corrected chi connectivity index (χ3v) is 6.81. The Hall–Kier alpha value is -3.68. The molecule has 0 aromatic heterocycles. The minimum absolute atomic E-state index is 0.0933. The Morgan fingerprint density at radius 3 is 2.14 bits per heavy atom. The average molecular weight is 670 g/mol. The molecular weight excluding hydrogens is 624 g/mol. The van der Waals surface area contributed by atoms with E-state index in [4.69, 9.17) is 10.5 Å². The minimum Gasteiger partial charge on any atom is -0.461 e. The molecule has 1 rings (SSSR count). The third kappa shape index (κ3) is 16.5. The number of primary amides is 1. The van der Waals surface area contributed by atoms with Crippen molar-refractivity contribution in [2.24, 2.45) is 11.7 Å². The number of carbonyl (C=O) groups is 6. The van der Waals surface area contributed by atoms with E-state index < -0.39 is 29.9 Å². The van der Waals surface area contributed by atoms with Crippen LogP contribution in [0, 0.1) is 5.92 Å². The van der Waals surface area contributed by atoms with E-state index in [9.17, 15) is 28.8 Å². The summed E-state index contributed by atoms with van der Waals surface area (Å²) in [4.78, 5) is 72.7. The van der Waals surface area contributed by atoms with Crippen molar-refractivity contribution in [2.75, 3.05) is 23.7 Å². The van der Waals surface area contributed by atoms with Crippen LogP contribution in [-0.2, 0) is 35.3 Å². The van der Waals surface area contributed by atoms with Gasteiger partial charge in [0, 0.05) is 31.6 Å². The number of ether oxygens (including phenoxy) is 1. The first kappa shape index (κ1) is 37.3. The fraction of sp³-hybridized carbons (Fsp3) is 0.586. The van der Waals surface area contributed by atoms with Gasteiger partial charge in [0.1, 0.15) is 18.7 Å². The fourth-order valence-corrected chi connectivity index (χ4v) is 4.07. The summed E-state index contributed by atoms with van der Waals surface area (Å²) in [7, 11) is 0. The highest BCUT2D eigenvalue weighted by Gasteiger charge is 2.28. The highest BCUT2D eigenvalue weighted by Crippen LogP contribution is 2.13. The monoisotopic (exact) mass is 668 g/mol. The number of anilines is 1. The maximum absolute atomic E-state index is 13.3. The summed E-state index contributed by atoms with van der Waals surface area (Å²) in [5.74, 6) is -1.92. The summed E-state index contributed by atoms with van der Waals surface area (Å²) in [6.07, 6.45) is 3.12. The van der Waals surface area contributed by atoms with Crippen molar-refractivity contribution >= 4 is 57.2 Å². The molecule has 0 fully saturated rings. The van der Waals surface area contributed by atoms with Gasteiger partial charge < -0.3 is 37.1 Å². The van der Waals surface area contributed by atoms with Gasteiger partial charge >= 0.3 is 12.0 Å². The van der Waals surface area contributed by atoms with Gasteiger partial charge in [-0.05, 0) is 49.3 Å². The number of benzene rings is 1. The van der Waals surface area contributed by atoms with Gasteiger partial charge in [0.05, 0.1) is 5.33 Å². The molecule has 13 nitrogen and oxygen atoms in total. The van der Waals surface area contributed by atoms with Gasteiger partial charge in [0.2, 0.25) is 23.6 Å². The van der Waals surface area contributed by atoms with Gasteiger partial charge in [-0.1, -0.05) is 55.3 Å². The number of nitrogens with two attached hydrogens (primary N) is 1. The Kier molecular flexibility index (Phi) is 18.3. The van der Waals surface area contributed by atoms with Crippen LogP contribution in [0.1, 0.15) is 71.3 Å². The molecule has 240 valence electrons. The predicted octanol–water partition coefficient (Wildman–Crippen LogP) is 2.22. The molecule has 0 unspecified atom stereocenters. The molecule has 0 saturated carbocycles. The summed E-state index contributed by atoms with van der Waals surface area (Å²) >= 11 is 3.08. The standard InChI is InChI=1S/C29H45BrN6O7/c1-4-25(39)43-18-20-11-13-21(14-12-20)34-27(40)22(9-8-16-33-29(31)42)35-28(41)26(19(2)3)36-23(37)10-6-5-7-15-32-24(38)17-30/h11-14,19,22,26H,4-10,15-18H2,1-3H3,(H,32,38)(H,34,40)(H,35,41)(H,36,37)(H3,31,33,42)/t22-,26-/m1/s1. The van der Waals surface area contributed by atoms with E-state index >= 15 is 0 Å². The molecule has 6 amide bonds. The van der Waals surface area contributed by atoms with Crippen LogP contribution in [0.4, 0.5) is 10.5 Å². The highest BCUT2D eigenvalue weighted by molar-refractivity contribution is 9.09. The zero-order valence-corrected chi connectivity index (χ0v) is 26.7. The summed E-state index contributed by atoms with van der Waals surface area (Å²) in [5, 5.41) is 13.7. The molecule has 43 heavy (non-hydrogen) atoms. The minimum atomic E-state index is -0.958. The Morgan fingerprint density at radius 2 is 1.53 bits per heavy atom. The molecule has 0 aliphatic rings. The van der Waals surface area contributed by atoms with Gasteiger partial charge in [-0.25, -0.2) is 4.79 Å². The van der Waals surface area contributed by atoms with Crippen molar-refractivity contribution in [3.8, 4) is 0 Å². The number of alkyl halides is 1. The van der Waals surface area contributed by atoms with Crippen molar-refractivity contribution in [3.05, 3.63) is 29.8 Å². The van der Waals surface area contributed by atoms with Gasteiger partial charge in [-0.15, -0.1) is 0 Å². The van der Waals surface area contributed by atoms with Crippen molar-refractivity contribution in [1.29, 1.82) is 0 Å². The van der Waals surface area contributed by atoms with Gasteiger partial charge in [-0.2, -0.15) is 0 Å². The van der Waals surface area contributed by atoms with Crippen LogP contribution in [0.3, 0.4) is 0 Å². The number of hydrogen-bond acceptors (Lipinski definition) is 7. The Morgan fingerprint density at radius 1 is 0.860 bits per heavy atom. The number of urea groups is 1. The lowest BCUT2D eigenvalue weighted by Crippen LogP contribution is -2.54. The molecule has 0 aliphatic carbocycles. The molecular formula is C29H45BrN6O7. The van der Waals surface area contributed by atoms with E-state index in [1.54, 1.807) is 45.0 Å². The SMILES string of the molecule is CCC(=O)OCc1ccc(NC(=O)[C@@H](CCCNC(N)=O)NC(=O)[C@H](NC(=O)CCCCCNC(=O)CBr)C(C)C)cc1. The van der Waals surface area contributed by atoms with Crippen LogP contribution in [-0.4, -0.2) is 66.1 Å². The van der Waals surface area contributed by atoms with Gasteiger partial charge in [-0.3, -0.25) is 24.0 Å². The summed E-state index contributed by atoms with van der Waals surface area (Å²) < 4.78 is 5.11. The summed E-state index contributed by atoms with van der Waals surface area (Å²) in [6.45, 7) is 6.15. The number of hydrogen-bond donors (Lipinski definition) is 6. The Labute approximate surface area is 261 Å². The lowest BCUT2D eigenvalue weighted by Gasteiger charge is -2.25. The first-order chi connectivity index (χ1) is 20.5. The zero-order chi connectivity index (χ0) is 32.2. The lowest BCUT2D eigenvalue weighted by molar-refractivity contribution is -0.144. The van der Waals surface area contributed by atoms with E-state index in [0.717, 1.165) is 18.4 Å². The zero-order valence-electron chi connectivity index (χ0n) is 25.1. The van der Waals surface area contributed by atoms with Crippen LogP contribution in [0.2, 0.25) is 0 Å². The molecule has 0 bridgehead atoms. The number of nitrogens with one attached hydrogen (secondary N) is 5. The molecule has 0 heterocycles. The number of esters is 1. The first-order valence-electron chi connectivity index (χ1n) is 14.5. The number of unbranched alkanes of at least 4 members (excludes halogenated alkanes) is 2. The molecule has 14 heteroatoms. The van der Waals surface area contributed by atoms with Crippen molar-refractivity contribution in [3.63, 3.8) is 0 Å². The molecule has 7 N–H and O–H groups in total. The number of carbonyl (C=O) groups excluding carboxylic acids is 6. The topological polar surface area (TPSA) is 198 Å². The van der Waals surface area contributed by atoms with E-state index in [0.29, 0.717) is 25.1 Å². The quantitative estimate of drug-likeness (QED) is 0.0695. The van der Waals surface area contributed by atoms with E-state index in [1.165, 1.54) is 0 Å². The smallest absolute Gasteiger partial charge is 0.312 e. The molecule has 1 aromatic rings. The number of rotatable bonds is 20. The van der Waals surface area contributed by atoms with Crippen molar-refractivity contribution < 1.29 is 33.5 Å². The second-order valence-electron chi connectivity index (χ2n) is 10.3. The average Bonchev–Trinajstić information content (AvgIpc) is 2.97. The molecule has 1 aromatic carbocycles. The van der Waals surface area contributed by atoms with Gasteiger partial charge in [0.25, 0.3) is 0 Å². The number of amides is 6. The Bertz CT molecular complexity index is 1070. The number of halogens is 1. The van der Waals surface area contributed by atoms with Gasteiger partial charge in [0.15, 0.2) is 0 Å². The second-order valence-corrected chi connectivity index (χ2v) is 10.8. The predicted molar refractivity (Wildman–Crippen MR) is 166 cm³/mol. The molecule has 0 aliphatic heterocycles. The maximum Gasteiger partial charge on any atom is 0.312 e. The summed E-state index contributed by atoms with van der Waals surface area (Å²) in [6, 6.07) is 4.23. The van der Waals surface area contributed by atoms with E-state index in [-0.39, 0.29) is 61.4 Å². The summed E-state index contributed by atoms with van der Waals surface area (Å²) in [5.41, 5.74) is 6.35. The second kappa shape index (κ2) is 21.1. The maximum atomic E-state index is 13.3. The fourth-order valence-electron chi connectivity index (χ4n) is 3.87. The lowest BCUT2D eigenvalue weighted by atomic mass is 10.0. The van der Waals surface area contributed by atoms with Crippen molar-refractivity contribution in [1.82, 2.24) is 21.3 Å². The van der Waals surface area contributed by atoms with E-state index in [1.807, 2.05) is 0 Å². The van der Waals surface area contributed by atoms with Crippen LogP contribution in [0.15, 0.2) is 24.3 Å². The normalized spacial score (nSPS) is 12.0. The Balaban J connectivity index is 2.78. The van der Waals surface area contributed by atoms with Crippen LogP contribution in [0.5, 0.6) is 0 Å². The van der Waals surface area contributed by atoms with Crippen LogP contribution < -0.4 is 32.3 Å². The highest BCUT2D eigenvalue weighted by atomic mass is 79.9. The third-order valence-electron chi connectivity index (χ3n) is 6.30. The molecule has 0 spiro atoms. The van der Waals surface area contributed by atoms with Crippen LogP contribution >= 0.6 is 15.9 Å². The largest absolute Gasteiger partial charge is 0.461 e. The van der Waals surface area contributed by atoms with Crippen molar-refractivity contribution in [2.45, 2.75) is 84.4 Å². The molecule has 0 radical (unpaired) electrons. The van der Waals surface area contributed by atoms with E-state index in [2.05, 4.69) is 42.5 Å². The molecule has 0 saturated heterocycles. The molecule has 2 atom stereocenters. The van der Waals surface area contributed by atoms with Crippen LogP contribution in [0.25, 0.3) is 0 Å².